The molecule has 7 nitrogen and oxygen atoms in total. The van der Waals surface area contributed by atoms with E-state index < -0.39 is 5.97 Å². The lowest BCUT2D eigenvalue weighted by Gasteiger charge is -2.10. The van der Waals surface area contributed by atoms with Crippen molar-refractivity contribution in [2.45, 2.75) is 13.5 Å². The molecular formula is C13H14N2O5. The van der Waals surface area contributed by atoms with E-state index in [-0.39, 0.29) is 6.61 Å². The summed E-state index contributed by atoms with van der Waals surface area (Å²) in [5.41, 5.74) is 0.380. The fraction of sp³-hybridized carbons (Fsp3) is 0.308. The smallest absolute Gasteiger partial charge is 0.337 e. The number of aromatic nitrogens is 2. The topological polar surface area (TPSA) is 83.7 Å². The Labute approximate surface area is 115 Å². The summed E-state index contributed by atoms with van der Waals surface area (Å²) in [5.74, 6) is 1.28. The zero-order chi connectivity index (χ0) is 14.5. The highest BCUT2D eigenvalue weighted by atomic mass is 16.5. The number of hydrogen-bond donors (Lipinski definition) is 0. The maximum Gasteiger partial charge on any atom is 0.337 e. The third-order valence-electron chi connectivity index (χ3n) is 2.50. The average Bonchev–Trinajstić information content (AvgIpc) is 2.89. The Morgan fingerprint density at radius 1 is 1.25 bits per heavy atom. The van der Waals surface area contributed by atoms with Gasteiger partial charge in [-0.3, -0.25) is 0 Å². The van der Waals surface area contributed by atoms with Crippen LogP contribution in [0.15, 0.2) is 22.6 Å². The second kappa shape index (κ2) is 6.05. The van der Waals surface area contributed by atoms with Gasteiger partial charge in [-0.25, -0.2) is 4.79 Å². The largest absolute Gasteiger partial charge is 0.493 e. The van der Waals surface area contributed by atoms with Gasteiger partial charge in [-0.15, -0.1) is 10.2 Å². The molecule has 0 saturated heterocycles. The first-order valence-electron chi connectivity index (χ1n) is 5.82. The molecule has 1 aromatic heterocycles. The van der Waals surface area contributed by atoms with Crippen LogP contribution in [0.5, 0.6) is 11.5 Å². The summed E-state index contributed by atoms with van der Waals surface area (Å²) in [6.45, 7) is 1.82. The Bertz CT molecular complexity index is 609. The highest BCUT2D eigenvalue weighted by Crippen LogP contribution is 2.29. The normalized spacial score (nSPS) is 10.2. The second-order valence-electron chi connectivity index (χ2n) is 3.86. The predicted molar refractivity (Wildman–Crippen MR) is 67.7 cm³/mol. The van der Waals surface area contributed by atoms with Crippen molar-refractivity contribution in [1.29, 1.82) is 0 Å². The van der Waals surface area contributed by atoms with Gasteiger partial charge >= 0.3 is 5.97 Å². The third kappa shape index (κ3) is 3.05. The molecule has 0 atom stereocenters. The maximum atomic E-state index is 11.4. The number of carbonyl (C=O) groups excluding carboxylic acids is 1. The van der Waals surface area contributed by atoms with Crippen LogP contribution in [0.4, 0.5) is 0 Å². The van der Waals surface area contributed by atoms with Gasteiger partial charge in [0.1, 0.15) is 0 Å². The first-order valence-corrected chi connectivity index (χ1v) is 5.82. The molecule has 0 amide bonds. The summed E-state index contributed by atoms with van der Waals surface area (Å²) in [7, 11) is 2.80. The minimum atomic E-state index is -0.442. The van der Waals surface area contributed by atoms with Gasteiger partial charge < -0.3 is 18.6 Å². The van der Waals surface area contributed by atoms with E-state index >= 15 is 0 Å². The van der Waals surface area contributed by atoms with E-state index in [1.54, 1.807) is 25.1 Å². The van der Waals surface area contributed by atoms with Crippen molar-refractivity contribution in [2.75, 3.05) is 14.2 Å². The third-order valence-corrected chi connectivity index (χ3v) is 2.50. The number of rotatable bonds is 5. The summed E-state index contributed by atoms with van der Waals surface area (Å²) in [6.07, 6.45) is 0. The van der Waals surface area contributed by atoms with Crippen molar-refractivity contribution in [3.05, 3.63) is 35.5 Å². The van der Waals surface area contributed by atoms with Crippen molar-refractivity contribution in [1.82, 2.24) is 10.2 Å². The summed E-state index contributed by atoms with van der Waals surface area (Å²) < 4.78 is 20.5. The molecule has 1 heterocycles. The van der Waals surface area contributed by atoms with Gasteiger partial charge in [0.2, 0.25) is 5.89 Å². The molecule has 0 bridgehead atoms. The predicted octanol–water partition coefficient (Wildman–Crippen LogP) is 1.75. The molecule has 20 heavy (non-hydrogen) atoms. The van der Waals surface area contributed by atoms with E-state index in [9.17, 15) is 4.79 Å². The maximum absolute atomic E-state index is 11.4. The highest BCUT2D eigenvalue weighted by molar-refractivity contribution is 5.90. The number of aryl methyl sites for hydroxylation is 1. The van der Waals surface area contributed by atoms with Gasteiger partial charge in [0.25, 0.3) is 5.89 Å². The SMILES string of the molecule is COC(=O)c1ccc(OCc2nnc(C)o2)c(OC)c1. The molecular weight excluding hydrogens is 264 g/mol. The summed E-state index contributed by atoms with van der Waals surface area (Å²) in [6, 6.07) is 4.75. The molecule has 0 aliphatic rings. The molecule has 0 aliphatic carbocycles. The fourth-order valence-electron chi connectivity index (χ4n) is 1.57. The lowest BCUT2D eigenvalue weighted by molar-refractivity contribution is 0.0600. The van der Waals surface area contributed by atoms with Crippen molar-refractivity contribution in [3.8, 4) is 11.5 Å². The van der Waals surface area contributed by atoms with Crippen molar-refractivity contribution in [3.63, 3.8) is 0 Å². The molecule has 7 heteroatoms. The van der Waals surface area contributed by atoms with Gasteiger partial charge in [0.05, 0.1) is 19.8 Å². The second-order valence-corrected chi connectivity index (χ2v) is 3.86. The van der Waals surface area contributed by atoms with Gasteiger partial charge in [-0.1, -0.05) is 0 Å². The molecule has 0 unspecified atom stereocenters. The van der Waals surface area contributed by atoms with Crippen LogP contribution in [0.2, 0.25) is 0 Å². The number of carbonyl (C=O) groups is 1. The number of hydrogen-bond acceptors (Lipinski definition) is 7. The first-order chi connectivity index (χ1) is 9.63. The van der Waals surface area contributed by atoms with Crippen LogP contribution in [0, 0.1) is 6.92 Å². The van der Waals surface area contributed by atoms with Gasteiger partial charge in [-0.05, 0) is 18.2 Å². The number of benzene rings is 1. The van der Waals surface area contributed by atoms with E-state index in [4.69, 9.17) is 13.9 Å². The zero-order valence-corrected chi connectivity index (χ0v) is 11.4. The lowest BCUT2D eigenvalue weighted by Crippen LogP contribution is -2.03. The molecule has 2 rings (SSSR count). The van der Waals surface area contributed by atoms with E-state index in [2.05, 4.69) is 14.9 Å². The van der Waals surface area contributed by atoms with Crippen LogP contribution < -0.4 is 9.47 Å². The van der Waals surface area contributed by atoms with Crippen LogP contribution in [0.1, 0.15) is 22.1 Å². The molecule has 0 saturated carbocycles. The Balaban J connectivity index is 2.13. The van der Waals surface area contributed by atoms with E-state index in [0.717, 1.165) is 0 Å². The highest BCUT2D eigenvalue weighted by Gasteiger charge is 2.12. The van der Waals surface area contributed by atoms with E-state index in [0.29, 0.717) is 28.8 Å². The van der Waals surface area contributed by atoms with Crippen molar-refractivity contribution >= 4 is 5.97 Å². The minimum absolute atomic E-state index is 0.120. The number of nitrogens with zero attached hydrogens (tertiary/aromatic N) is 2. The summed E-state index contributed by atoms with van der Waals surface area (Å²) in [5, 5.41) is 7.52. The monoisotopic (exact) mass is 278 g/mol. The minimum Gasteiger partial charge on any atom is -0.493 e. The van der Waals surface area contributed by atoms with Crippen LogP contribution in [0.3, 0.4) is 0 Å². The van der Waals surface area contributed by atoms with Crippen molar-refractivity contribution in [2.24, 2.45) is 0 Å². The Kier molecular flexibility index (Phi) is 4.19. The van der Waals surface area contributed by atoms with Crippen LogP contribution in [-0.2, 0) is 11.3 Å². The molecule has 0 radical (unpaired) electrons. The van der Waals surface area contributed by atoms with Crippen LogP contribution in [0.25, 0.3) is 0 Å². The molecule has 0 spiro atoms. The Morgan fingerprint density at radius 3 is 2.65 bits per heavy atom. The van der Waals surface area contributed by atoms with Crippen LogP contribution >= 0.6 is 0 Å². The van der Waals surface area contributed by atoms with Gasteiger partial charge in [0.15, 0.2) is 18.1 Å². The standard InChI is InChI=1S/C13H14N2O5/c1-8-14-15-12(20-8)7-19-10-5-4-9(13(16)18-3)6-11(10)17-2/h4-6H,7H2,1-3H3. The number of esters is 1. The summed E-state index contributed by atoms with van der Waals surface area (Å²) >= 11 is 0. The molecule has 0 fully saturated rings. The molecule has 106 valence electrons. The Morgan fingerprint density at radius 2 is 2.05 bits per heavy atom. The fourth-order valence-corrected chi connectivity index (χ4v) is 1.57. The average molecular weight is 278 g/mol. The quantitative estimate of drug-likeness (QED) is 0.770. The molecule has 1 aromatic carbocycles. The first kappa shape index (κ1) is 13.9. The zero-order valence-electron chi connectivity index (χ0n) is 11.4. The van der Waals surface area contributed by atoms with E-state index in [1.807, 2.05) is 0 Å². The van der Waals surface area contributed by atoms with Crippen molar-refractivity contribution < 1.29 is 23.4 Å². The summed E-state index contributed by atoms with van der Waals surface area (Å²) in [4.78, 5) is 11.4. The molecule has 2 aromatic rings. The van der Waals surface area contributed by atoms with Gasteiger partial charge in [-0.2, -0.15) is 0 Å². The lowest BCUT2D eigenvalue weighted by atomic mass is 10.2. The van der Waals surface area contributed by atoms with E-state index in [1.165, 1.54) is 14.2 Å². The Hall–Kier alpha value is -2.57. The molecule has 0 N–H and O–H groups in total. The van der Waals surface area contributed by atoms with Gasteiger partial charge in [0, 0.05) is 6.92 Å². The number of methoxy groups -OCH3 is 2. The number of ether oxygens (including phenoxy) is 3. The van der Waals surface area contributed by atoms with Crippen LogP contribution in [-0.4, -0.2) is 30.4 Å². The molecule has 0 aliphatic heterocycles.